The zero-order chi connectivity index (χ0) is 12.1. The average Bonchev–Trinajstić information content (AvgIpc) is 2.28. The largest absolute Gasteiger partial charge is 0.464 e. The molecule has 0 aliphatic heterocycles. The minimum Gasteiger partial charge on any atom is -0.464 e. The van der Waals surface area contributed by atoms with Crippen LogP contribution in [0.1, 0.15) is 24.2 Å². The number of ether oxygens (including phenoxy) is 1. The molecule has 0 saturated heterocycles. The molecule has 4 heteroatoms. The van der Waals surface area contributed by atoms with Crippen molar-refractivity contribution in [3.05, 3.63) is 35.4 Å². The first-order valence-corrected chi connectivity index (χ1v) is 5.11. The van der Waals surface area contributed by atoms with Gasteiger partial charge in [0.25, 0.3) is 0 Å². The summed E-state index contributed by atoms with van der Waals surface area (Å²) in [5.74, 6) is -1.03. The lowest BCUT2D eigenvalue weighted by atomic mass is 10.0. The molecule has 0 saturated carbocycles. The van der Waals surface area contributed by atoms with E-state index in [0.29, 0.717) is 5.56 Å². The number of hydrogen-bond donors (Lipinski definition) is 1. The van der Waals surface area contributed by atoms with E-state index >= 15 is 0 Å². The van der Waals surface area contributed by atoms with Crippen molar-refractivity contribution in [2.45, 2.75) is 26.1 Å². The molecule has 1 N–H and O–H groups in total. The van der Waals surface area contributed by atoms with Gasteiger partial charge in [0.1, 0.15) is 6.10 Å². The summed E-state index contributed by atoms with van der Waals surface area (Å²) in [5, 5.41) is 9.60. The van der Waals surface area contributed by atoms with Crippen LogP contribution < -0.4 is 0 Å². The van der Waals surface area contributed by atoms with Crippen LogP contribution >= 0.6 is 0 Å². The molecular formula is C12H15FO3. The number of benzene rings is 1. The Kier molecular flexibility index (Phi) is 4.43. The van der Waals surface area contributed by atoms with Gasteiger partial charge in [-0.15, -0.1) is 0 Å². The maximum absolute atomic E-state index is 13.4. The van der Waals surface area contributed by atoms with E-state index in [1.165, 1.54) is 0 Å². The third-order valence-electron chi connectivity index (χ3n) is 2.21. The molecule has 0 aliphatic carbocycles. The number of carbonyl (C=O) groups excluding carboxylic acids is 1. The van der Waals surface area contributed by atoms with Crippen LogP contribution in [0.3, 0.4) is 0 Å². The van der Waals surface area contributed by atoms with Gasteiger partial charge in [0, 0.05) is 0 Å². The van der Waals surface area contributed by atoms with Crippen LogP contribution in [0.15, 0.2) is 24.3 Å². The summed E-state index contributed by atoms with van der Waals surface area (Å²) in [6, 6.07) is 6.67. The predicted octanol–water partition coefficient (Wildman–Crippen LogP) is 1.93. The molecule has 0 fully saturated rings. The summed E-state index contributed by atoms with van der Waals surface area (Å²) >= 11 is 0. The highest BCUT2D eigenvalue weighted by Crippen LogP contribution is 2.20. The van der Waals surface area contributed by atoms with Crippen molar-refractivity contribution >= 4 is 5.97 Å². The Morgan fingerprint density at radius 1 is 1.44 bits per heavy atom. The Balaban J connectivity index is 2.73. The van der Waals surface area contributed by atoms with E-state index in [-0.39, 0.29) is 6.61 Å². The molecule has 0 bridgehead atoms. The van der Waals surface area contributed by atoms with Crippen LogP contribution in [-0.4, -0.2) is 23.9 Å². The maximum atomic E-state index is 13.4. The van der Waals surface area contributed by atoms with Gasteiger partial charge in [-0.25, -0.2) is 9.18 Å². The van der Waals surface area contributed by atoms with Crippen molar-refractivity contribution in [2.24, 2.45) is 0 Å². The van der Waals surface area contributed by atoms with Crippen LogP contribution in [-0.2, 0) is 9.53 Å². The quantitative estimate of drug-likeness (QED) is 0.798. The zero-order valence-electron chi connectivity index (χ0n) is 9.31. The highest BCUT2D eigenvalue weighted by molar-refractivity contribution is 5.75. The highest BCUT2D eigenvalue weighted by Gasteiger charge is 2.28. The molecule has 0 amide bonds. The molecule has 0 aromatic heterocycles. The molecule has 16 heavy (non-hydrogen) atoms. The molecule has 0 heterocycles. The normalized spacial score (nSPS) is 14.2. The van der Waals surface area contributed by atoms with Gasteiger partial charge >= 0.3 is 5.97 Å². The summed E-state index contributed by atoms with van der Waals surface area (Å²) in [7, 11) is 0. The molecule has 0 radical (unpaired) electrons. The second-order valence-electron chi connectivity index (χ2n) is 3.51. The summed E-state index contributed by atoms with van der Waals surface area (Å²) in [6.45, 7) is 3.57. The Bertz CT molecular complexity index is 348. The second kappa shape index (κ2) is 5.61. The van der Waals surface area contributed by atoms with Gasteiger partial charge < -0.3 is 9.84 Å². The minimum absolute atomic E-state index is 0.0971. The molecule has 0 unspecified atom stereocenters. The molecular weight excluding hydrogens is 211 g/mol. The van der Waals surface area contributed by atoms with Gasteiger partial charge in [-0.3, -0.25) is 0 Å². The number of aliphatic hydroxyl groups excluding tert-OH is 1. The van der Waals surface area contributed by atoms with Crippen molar-refractivity contribution in [1.29, 1.82) is 0 Å². The van der Waals surface area contributed by atoms with Gasteiger partial charge in [0.15, 0.2) is 0 Å². The Morgan fingerprint density at radius 2 is 2.00 bits per heavy atom. The van der Waals surface area contributed by atoms with E-state index < -0.39 is 18.2 Å². The van der Waals surface area contributed by atoms with E-state index in [0.717, 1.165) is 5.56 Å². The first-order valence-electron chi connectivity index (χ1n) is 5.11. The lowest BCUT2D eigenvalue weighted by molar-refractivity contribution is -0.153. The molecule has 1 aromatic carbocycles. The second-order valence-corrected chi connectivity index (χ2v) is 3.51. The first kappa shape index (κ1) is 12.6. The fourth-order valence-corrected chi connectivity index (χ4v) is 1.28. The summed E-state index contributed by atoms with van der Waals surface area (Å²) in [6.07, 6.45) is -3.51. The zero-order valence-corrected chi connectivity index (χ0v) is 9.31. The van der Waals surface area contributed by atoms with E-state index in [2.05, 4.69) is 4.74 Å². The summed E-state index contributed by atoms with van der Waals surface area (Å²) < 4.78 is 17.9. The van der Waals surface area contributed by atoms with Crippen molar-refractivity contribution in [3.63, 3.8) is 0 Å². The van der Waals surface area contributed by atoms with Crippen LogP contribution in [0.5, 0.6) is 0 Å². The molecule has 0 spiro atoms. The number of esters is 1. The van der Waals surface area contributed by atoms with Crippen molar-refractivity contribution in [1.82, 2.24) is 0 Å². The molecule has 1 rings (SSSR count). The Hall–Kier alpha value is -1.42. The lowest BCUT2D eigenvalue weighted by Crippen LogP contribution is -2.26. The average molecular weight is 226 g/mol. The van der Waals surface area contributed by atoms with Gasteiger partial charge in [0.05, 0.1) is 6.61 Å². The third kappa shape index (κ3) is 3.03. The van der Waals surface area contributed by atoms with E-state index in [9.17, 15) is 14.3 Å². The Labute approximate surface area is 93.9 Å². The van der Waals surface area contributed by atoms with Crippen molar-refractivity contribution in [3.8, 4) is 0 Å². The van der Waals surface area contributed by atoms with Gasteiger partial charge in [-0.05, 0) is 19.4 Å². The number of carbonyl (C=O) groups is 1. The SMILES string of the molecule is CCOC(=O)[C@@H](F)[C@@H](O)c1ccc(C)cc1. The van der Waals surface area contributed by atoms with Gasteiger partial charge in [-0.1, -0.05) is 29.8 Å². The minimum atomic E-state index is -2.04. The highest BCUT2D eigenvalue weighted by atomic mass is 19.1. The summed E-state index contributed by atoms with van der Waals surface area (Å²) in [5.41, 5.74) is 1.37. The smallest absolute Gasteiger partial charge is 0.343 e. The van der Waals surface area contributed by atoms with Crippen LogP contribution in [0.2, 0.25) is 0 Å². The standard InChI is InChI=1S/C12H15FO3/c1-3-16-12(15)10(13)11(14)9-6-4-8(2)5-7-9/h4-7,10-11,14H,3H2,1-2H3/t10-,11-/m0/s1. The fourth-order valence-electron chi connectivity index (χ4n) is 1.28. The van der Waals surface area contributed by atoms with E-state index in [1.807, 2.05) is 6.92 Å². The maximum Gasteiger partial charge on any atom is 0.343 e. The van der Waals surface area contributed by atoms with E-state index in [1.54, 1.807) is 31.2 Å². The molecule has 2 atom stereocenters. The monoisotopic (exact) mass is 226 g/mol. The third-order valence-corrected chi connectivity index (χ3v) is 2.21. The number of rotatable bonds is 4. The van der Waals surface area contributed by atoms with Crippen LogP contribution in [0.25, 0.3) is 0 Å². The number of alkyl halides is 1. The van der Waals surface area contributed by atoms with Crippen molar-refractivity contribution in [2.75, 3.05) is 6.61 Å². The molecule has 1 aromatic rings. The molecule has 0 aliphatic rings. The number of hydrogen-bond acceptors (Lipinski definition) is 3. The van der Waals surface area contributed by atoms with Crippen LogP contribution in [0.4, 0.5) is 4.39 Å². The van der Waals surface area contributed by atoms with Crippen LogP contribution in [0, 0.1) is 6.92 Å². The number of aliphatic hydroxyl groups is 1. The van der Waals surface area contributed by atoms with Gasteiger partial charge in [-0.2, -0.15) is 0 Å². The Morgan fingerprint density at radius 3 is 2.50 bits per heavy atom. The lowest BCUT2D eigenvalue weighted by Gasteiger charge is -2.14. The molecule has 88 valence electrons. The first-order chi connectivity index (χ1) is 7.56. The predicted molar refractivity (Wildman–Crippen MR) is 57.7 cm³/mol. The van der Waals surface area contributed by atoms with Crippen molar-refractivity contribution < 1.29 is 19.0 Å². The fraction of sp³-hybridized carbons (Fsp3) is 0.417. The number of aryl methyl sites for hydroxylation is 1. The summed E-state index contributed by atoms with van der Waals surface area (Å²) in [4.78, 5) is 11.1. The topological polar surface area (TPSA) is 46.5 Å². The molecule has 3 nitrogen and oxygen atoms in total. The number of halogens is 1. The van der Waals surface area contributed by atoms with Gasteiger partial charge in [0.2, 0.25) is 6.17 Å². The van der Waals surface area contributed by atoms with E-state index in [4.69, 9.17) is 0 Å².